The Morgan fingerprint density at radius 2 is 2.33 bits per heavy atom. The summed E-state index contributed by atoms with van der Waals surface area (Å²) < 4.78 is 28.8. The van der Waals surface area contributed by atoms with E-state index in [9.17, 15) is 13.6 Å². The van der Waals surface area contributed by atoms with Gasteiger partial charge in [-0.1, -0.05) is 0 Å². The van der Waals surface area contributed by atoms with E-state index in [1.54, 1.807) is 23.9 Å². The van der Waals surface area contributed by atoms with Crippen LogP contribution in [0, 0.1) is 17.8 Å². The molecule has 0 spiro atoms. The minimum atomic E-state index is -2.51. The number of rotatable bonds is 4. The normalized spacial score (nSPS) is 27.5. The number of aromatic nitrogens is 5. The van der Waals surface area contributed by atoms with Crippen LogP contribution in [0.25, 0.3) is 11.4 Å². The molecule has 2 aromatic rings. The van der Waals surface area contributed by atoms with Crippen molar-refractivity contribution in [2.75, 3.05) is 6.54 Å². The van der Waals surface area contributed by atoms with Crippen molar-refractivity contribution >= 4 is 5.91 Å². The number of hydrogen-bond acceptors (Lipinski definition) is 4. The summed E-state index contributed by atoms with van der Waals surface area (Å²) in [6.45, 7) is 0.443. The van der Waals surface area contributed by atoms with E-state index < -0.39 is 11.8 Å². The van der Waals surface area contributed by atoms with E-state index >= 15 is 0 Å². The molecular weight excluding hydrogens is 318 g/mol. The van der Waals surface area contributed by atoms with Gasteiger partial charge in [-0.3, -0.25) is 4.79 Å². The van der Waals surface area contributed by atoms with Gasteiger partial charge in [0.05, 0.1) is 0 Å². The largest absolute Gasteiger partial charge is 0.350 e. The first-order valence-corrected chi connectivity index (χ1v) is 8.00. The van der Waals surface area contributed by atoms with Gasteiger partial charge in [0.2, 0.25) is 5.82 Å². The maximum atomic E-state index is 13.6. The zero-order valence-corrected chi connectivity index (χ0v) is 13.2. The molecule has 2 heterocycles. The molecule has 24 heavy (non-hydrogen) atoms. The molecule has 0 radical (unpaired) electrons. The number of tetrazole rings is 1. The average molecular weight is 336 g/mol. The lowest BCUT2D eigenvalue weighted by Gasteiger charge is -2.27. The van der Waals surface area contributed by atoms with E-state index in [0.717, 1.165) is 0 Å². The van der Waals surface area contributed by atoms with Gasteiger partial charge in [-0.2, -0.15) is 5.21 Å². The molecule has 0 aromatic carbocycles. The van der Waals surface area contributed by atoms with Crippen LogP contribution in [0.4, 0.5) is 8.78 Å². The molecule has 2 saturated carbocycles. The molecule has 2 N–H and O–H groups in total. The lowest BCUT2D eigenvalue weighted by atomic mass is 9.86. The van der Waals surface area contributed by atoms with Crippen molar-refractivity contribution in [2.45, 2.75) is 25.2 Å². The van der Waals surface area contributed by atoms with Crippen LogP contribution in [0.1, 0.15) is 29.8 Å². The highest BCUT2D eigenvalue weighted by Gasteiger charge is 2.56. The van der Waals surface area contributed by atoms with Gasteiger partial charge in [-0.15, -0.1) is 10.2 Å². The summed E-state index contributed by atoms with van der Waals surface area (Å²) in [7, 11) is 1.76. The maximum Gasteiger partial charge on any atom is 0.267 e. The first-order valence-electron chi connectivity index (χ1n) is 8.00. The first-order chi connectivity index (χ1) is 11.4. The number of halogens is 2. The fraction of sp³-hybridized carbons (Fsp3) is 0.600. The third-order valence-electron chi connectivity index (χ3n) is 5.34. The molecule has 128 valence electrons. The number of carbonyl (C=O) groups is 1. The monoisotopic (exact) mass is 336 g/mol. The van der Waals surface area contributed by atoms with Gasteiger partial charge in [-0.05, 0) is 36.0 Å². The Labute approximate surface area is 136 Å². The summed E-state index contributed by atoms with van der Waals surface area (Å²) >= 11 is 0. The van der Waals surface area contributed by atoms with Crippen LogP contribution in [-0.2, 0) is 7.05 Å². The Morgan fingerprint density at radius 1 is 1.50 bits per heavy atom. The molecule has 2 bridgehead atoms. The zero-order chi connectivity index (χ0) is 16.9. The van der Waals surface area contributed by atoms with Gasteiger partial charge >= 0.3 is 0 Å². The Bertz CT molecular complexity index is 756. The average Bonchev–Trinajstić information content (AvgIpc) is 3.26. The second kappa shape index (κ2) is 5.35. The van der Waals surface area contributed by atoms with E-state index in [2.05, 4.69) is 25.9 Å². The molecule has 2 aliphatic rings. The van der Waals surface area contributed by atoms with Gasteiger partial charge in [-0.25, -0.2) is 8.78 Å². The molecule has 1 amide bonds. The van der Waals surface area contributed by atoms with Crippen LogP contribution in [0.2, 0.25) is 0 Å². The van der Waals surface area contributed by atoms with Crippen molar-refractivity contribution in [1.29, 1.82) is 0 Å². The smallest absolute Gasteiger partial charge is 0.267 e. The second-order valence-electron chi connectivity index (χ2n) is 6.82. The predicted molar refractivity (Wildman–Crippen MR) is 80.2 cm³/mol. The van der Waals surface area contributed by atoms with E-state index in [-0.39, 0.29) is 24.2 Å². The number of nitrogens with one attached hydrogen (secondary N) is 2. The first kappa shape index (κ1) is 15.2. The molecule has 0 aliphatic heterocycles. The standard InChI is InChI=1S/C15H18F2N6O/c1-23-7-10(13-19-21-22-20-13)4-12(23)14(24)18-6-9-3-11-2-8(9)5-15(11,16)17/h4,7-9,11H,2-3,5-6H2,1H3,(H,18,24)(H,19,20,21,22)/t8-,9+,11-/m1/s1. The van der Waals surface area contributed by atoms with E-state index in [0.29, 0.717) is 36.5 Å². The maximum absolute atomic E-state index is 13.6. The Kier molecular flexibility index (Phi) is 3.40. The Morgan fingerprint density at radius 3 is 2.96 bits per heavy atom. The summed E-state index contributed by atoms with van der Waals surface area (Å²) in [5.74, 6) is -2.65. The van der Waals surface area contributed by atoms with Crippen molar-refractivity contribution in [3.63, 3.8) is 0 Å². The number of alkyl halides is 2. The summed E-state index contributed by atoms with van der Waals surface area (Å²) in [5, 5.41) is 16.5. The summed E-state index contributed by atoms with van der Waals surface area (Å²) in [6.07, 6.45) is 2.79. The number of aromatic amines is 1. The lowest BCUT2D eigenvalue weighted by molar-refractivity contribution is -0.0606. The number of carbonyl (C=O) groups excluding carboxylic acids is 1. The van der Waals surface area contributed by atoms with Crippen LogP contribution >= 0.6 is 0 Å². The number of nitrogens with zero attached hydrogens (tertiary/aromatic N) is 4. The van der Waals surface area contributed by atoms with E-state index in [4.69, 9.17) is 0 Å². The number of fused-ring (bicyclic) bond motifs is 2. The summed E-state index contributed by atoms with van der Waals surface area (Å²) in [5.41, 5.74) is 1.17. The Hall–Kier alpha value is -2.32. The van der Waals surface area contributed by atoms with Crippen molar-refractivity contribution in [3.8, 4) is 11.4 Å². The molecule has 2 aromatic heterocycles. The predicted octanol–water partition coefficient (Wildman–Crippen LogP) is 1.62. The summed E-state index contributed by atoms with van der Waals surface area (Å²) in [6, 6.07) is 1.69. The lowest BCUT2D eigenvalue weighted by Crippen LogP contribution is -2.36. The van der Waals surface area contributed by atoms with Gasteiger partial charge in [0.25, 0.3) is 11.8 Å². The quantitative estimate of drug-likeness (QED) is 0.888. The van der Waals surface area contributed by atoms with Crippen LogP contribution in [0.5, 0.6) is 0 Å². The number of aryl methyl sites for hydroxylation is 1. The molecule has 4 rings (SSSR count). The molecule has 2 aliphatic carbocycles. The van der Waals surface area contributed by atoms with Crippen molar-refractivity contribution < 1.29 is 13.6 Å². The van der Waals surface area contributed by atoms with Gasteiger partial charge in [0.15, 0.2) is 0 Å². The van der Waals surface area contributed by atoms with Crippen molar-refractivity contribution in [2.24, 2.45) is 24.8 Å². The third-order valence-corrected chi connectivity index (χ3v) is 5.34. The fourth-order valence-electron chi connectivity index (χ4n) is 4.08. The molecule has 7 nitrogen and oxygen atoms in total. The second-order valence-corrected chi connectivity index (χ2v) is 6.82. The fourth-order valence-corrected chi connectivity index (χ4v) is 4.08. The number of H-pyrrole nitrogens is 1. The number of hydrogen-bond donors (Lipinski definition) is 2. The van der Waals surface area contributed by atoms with Crippen LogP contribution in [0.3, 0.4) is 0 Å². The minimum Gasteiger partial charge on any atom is -0.350 e. The molecule has 2 fully saturated rings. The third kappa shape index (κ3) is 2.47. The molecule has 3 atom stereocenters. The van der Waals surface area contributed by atoms with Crippen LogP contribution < -0.4 is 5.32 Å². The van der Waals surface area contributed by atoms with Crippen LogP contribution in [-0.4, -0.2) is 43.6 Å². The number of amides is 1. The van der Waals surface area contributed by atoms with Crippen molar-refractivity contribution in [1.82, 2.24) is 30.5 Å². The highest BCUT2D eigenvalue weighted by Crippen LogP contribution is 2.56. The van der Waals surface area contributed by atoms with Gasteiger partial charge in [0, 0.05) is 37.7 Å². The van der Waals surface area contributed by atoms with Crippen molar-refractivity contribution in [3.05, 3.63) is 18.0 Å². The summed E-state index contributed by atoms with van der Waals surface area (Å²) in [4.78, 5) is 12.4. The van der Waals surface area contributed by atoms with E-state index in [1.165, 1.54) is 0 Å². The Balaban J connectivity index is 1.39. The van der Waals surface area contributed by atoms with Gasteiger partial charge < -0.3 is 9.88 Å². The molecular formula is C15H18F2N6O. The molecule has 9 heteroatoms. The SMILES string of the molecule is Cn1cc(-c2nn[nH]n2)cc1C(=O)NC[C@@H]1C[C@H]2C[C@@H]1CC2(F)F. The highest BCUT2D eigenvalue weighted by molar-refractivity contribution is 5.94. The molecule has 0 saturated heterocycles. The highest BCUT2D eigenvalue weighted by atomic mass is 19.3. The van der Waals surface area contributed by atoms with Gasteiger partial charge in [0.1, 0.15) is 5.69 Å². The molecule has 0 unspecified atom stereocenters. The van der Waals surface area contributed by atoms with Crippen LogP contribution in [0.15, 0.2) is 12.3 Å². The minimum absolute atomic E-state index is 0.0219. The zero-order valence-electron chi connectivity index (χ0n) is 13.2. The topological polar surface area (TPSA) is 88.5 Å². The van der Waals surface area contributed by atoms with E-state index in [1.807, 2.05) is 0 Å².